The summed E-state index contributed by atoms with van der Waals surface area (Å²) in [5.41, 5.74) is 0.921. The van der Waals surface area contributed by atoms with E-state index in [1.54, 1.807) is 31.6 Å². The smallest absolute Gasteiger partial charge is 0.272 e. The molecule has 2 aromatic heterocycles. The zero-order valence-electron chi connectivity index (χ0n) is 14.2. The highest BCUT2D eigenvalue weighted by molar-refractivity contribution is 7.16. The number of ether oxygens (including phenoxy) is 2. The molecule has 3 rings (SSSR count). The average Bonchev–Trinajstić information content (AvgIpc) is 3.26. The molecule has 1 amide bonds. The van der Waals surface area contributed by atoms with E-state index >= 15 is 0 Å². The largest absolute Gasteiger partial charge is 0.497 e. The lowest BCUT2D eigenvalue weighted by Gasteiger charge is -2.08. The zero-order valence-corrected chi connectivity index (χ0v) is 15.8. The fourth-order valence-electron chi connectivity index (χ4n) is 2.47. The Morgan fingerprint density at radius 1 is 1.32 bits per heavy atom. The van der Waals surface area contributed by atoms with Gasteiger partial charge < -0.3 is 14.0 Å². The van der Waals surface area contributed by atoms with Gasteiger partial charge in [-0.15, -0.1) is 11.3 Å². The van der Waals surface area contributed by atoms with Crippen LogP contribution in [0.25, 0.3) is 16.3 Å². The van der Waals surface area contributed by atoms with Crippen molar-refractivity contribution in [2.24, 2.45) is 4.99 Å². The fourth-order valence-corrected chi connectivity index (χ4v) is 4.24. The number of methoxy groups -OCH3 is 2. The van der Waals surface area contributed by atoms with E-state index in [0.717, 1.165) is 15.1 Å². The summed E-state index contributed by atoms with van der Waals surface area (Å²) in [4.78, 5) is 18.1. The van der Waals surface area contributed by atoms with Crippen LogP contribution in [0.3, 0.4) is 0 Å². The first-order valence-electron chi connectivity index (χ1n) is 7.72. The molecule has 1 aromatic carbocycles. The first kappa shape index (κ1) is 17.4. The van der Waals surface area contributed by atoms with Crippen LogP contribution in [0.1, 0.15) is 11.8 Å². The van der Waals surface area contributed by atoms with Crippen molar-refractivity contribution in [3.63, 3.8) is 0 Å². The van der Waals surface area contributed by atoms with Crippen molar-refractivity contribution in [2.75, 3.05) is 14.2 Å². The van der Waals surface area contributed by atoms with Gasteiger partial charge in [0.1, 0.15) is 17.0 Å². The summed E-state index contributed by atoms with van der Waals surface area (Å²) in [5.74, 6) is 1.13. The molecule has 5 nitrogen and oxygen atoms in total. The maximum absolute atomic E-state index is 12.2. The molecule has 0 atom stereocenters. The molecule has 0 radical (unpaired) electrons. The summed E-state index contributed by atoms with van der Waals surface area (Å²) < 4.78 is 13.8. The van der Waals surface area contributed by atoms with Crippen LogP contribution in [0.2, 0.25) is 0 Å². The molecule has 0 N–H and O–H groups in total. The number of carbonyl (C=O) groups excluding carboxylic acids is 1. The fraction of sp³-hybridized carbons (Fsp3) is 0.222. The molecule has 3 aromatic rings. The van der Waals surface area contributed by atoms with Crippen molar-refractivity contribution in [2.45, 2.75) is 13.5 Å². The highest BCUT2D eigenvalue weighted by Crippen LogP contribution is 2.32. The maximum atomic E-state index is 12.2. The SMILES string of the molecule is CCn1c(=NC(=O)/C=C/c2cccs2)sc2cc(OC)cc(OC)c21. The number of thiazole rings is 1. The number of hydrogen-bond acceptors (Lipinski definition) is 5. The van der Waals surface area contributed by atoms with Gasteiger partial charge in [0.05, 0.1) is 18.9 Å². The zero-order chi connectivity index (χ0) is 17.8. The Morgan fingerprint density at radius 2 is 2.16 bits per heavy atom. The normalized spacial score (nSPS) is 12.2. The van der Waals surface area contributed by atoms with E-state index in [0.29, 0.717) is 22.8 Å². The molecule has 0 aliphatic carbocycles. The van der Waals surface area contributed by atoms with Crippen LogP contribution in [0.15, 0.2) is 40.7 Å². The predicted molar refractivity (Wildman–Crippen MR) is 103 cm³/mol. The third-order valence-electron chi connectivity index (χ3n) is 3.63. The molecular formula is C18H18N2O3S2. The number of fused-ring (bicyclic) bond motifs is 1. The number of carbonyl (C=O) groups is 1. The number of amides is 1. The maximum Gasteiger partial charge on any atom is 0.272 e. The summed E-state index contributed by atoms with van der Waals surface area (Å²) >= 11 is 3.02. The van der Waals surface area contributed by atoms with Crippen LogP contribution in [0.5, 0.6) is 11.5 Å². The molecule has 0 saturated carbocycles. The minimum Gasteiger partial charge on any atom is -0.497 e. The Balaban J connectivity index is 2.07. The van der Waals surface area contributed by atoms with Crippen molar-refractivity contribution in [1.29, 1.82) is 0 Å². The topological polar surface area (TPSA) is 52.8 Å². The first-order chi connectivity index (χ1) is 12.2. The Hall–Kier alpha value is -2.38. The van der Waals surface area contributed by atoms with Crippen LogP contribution in [0.4, 0.5) is 0 Å². The molecule has 7 heteroatoms. The minimum absolute atomic E-state index is 0.284. The van der Waals surface area contributed by atoms with E-state index in [4.69, 9.17) is 9.47 Å². The van der Waals surface area contributed by atoms with Crippen LogP contribution in [-0.4, -0.2) is 24.7 Å². The molecule has 0 saturated heterocycles. The van der Waals surface area contributed by atoms with Crippen molar-refractivity contribution < 1.29 is 14.3 Å². The van der Waals surface area contributed by atoms with E-state index in [-0.39, 0.29) is 5.91 Å². The third-order valence-corrected chi connectivity index (χ3v) is 5.49. The van der Waals surface area contributed by atoms with Crippen LogP contribution < -0.4 is 14.3 Å². The predicted octanol–water partition coefficient (Wildman–Crippen LogP) is 3.94. The quantitative estimate of drug-likeness (QED) is 0.636. The lowest BCUT2D eigenvalue weighted by Crippen LogP contribution is -2.15. The average molecular weight is 374 g/mol. The standard InChI is InChI=1S/C18H18N2O3S2/c1-4-20-17-14(23-3)10-12(22-2)11-15(17)25-18(20)19-16(21)8-7-13-6-5-9-24-13/h5-11H,4H2,1-3H3/b8-7+,19-18?. The van der Waals surface area contributed by atoms with Gasteiger partial charge in [-0.05, 0) is 30.5 Å². The molecule has 0 fully saturated rings. The van der Waals surface area contributed by atoms with Gasteiger partial charge in [0.15, 0.2) is 4.80 Å². The van der Waals surface area contributed by atoms with Crippen molar-refractivity contribution >= 4 is 44.9 Å². The minimum atomic E-state index is -0.284. The molecule has 2 heterocycles. The number of aryl methyl sites for hydroxylation is 1. The van der Waals surface area contributed by atoms with E-state index in [1.807, 2.05) is 41.1 Å². The molecule has 0 spiro atoms. The summed E-state index contributed by atoms with van der Waals surface area (Å²) in [5, 5.41) is 1.97. The molecule has 0 bridgehead atoms. The Kier molecular flexibility index (Phi) is 5.35. The molecule has 25 heavy (non-hydrogen) atoms. The summed E-state index contributed by atoms with van der Waals surface area (Å²) in [6.45, 7) is 2.70. The highest BCUT2D eigenvalue weighted by Gasteiger charge is 2.13. The number of aromatic nitrogens is 1. The summed E-state index contributed by atoms with van der Waals surface area (Å²) in [6.07, 6.45) is 3.28. The number of thiophene rings is 1. The Labute approximate surface area is 153 Å². The van der Waals surface area contributed by atoms with Crippen LogP contribution in [-0.2, 0) is 11.3 Å². The van der Waals surface area contributed by atoms with Gasteiger partial charge in [-0.1, -0.05) is 17.4 Å². The van der Waals surface area contributed by atoms with E-state index in [9.17, 15) is 4.79 Å². The Morgan fingerprint density at radius 3 is 2.80 bits per heavy atom. The monoisotopic (exact) mass is 374 g/mol. The second-order valence-electron chi connectivity index (χ2n) is 5.10. The molecule has 0 aliphatic heterocycles. The lowest BCUT2D eigenvalue weighted by molar-refractivity contribution is -0.113. The third kappa shape index (κ3) is 3.67. The lowest BCUT2D eigenvalue weighted by atomic mass is 10.3. The van der Waals surface area contributed by atoms with Crippen molar-refractivity contribution in [1.82, 2.24) is 4.57 Å². The van der Waals surface area contributed by atoms with E-state index in [2.05, 4.69) is 4.99 Å². The van der Waals surface area contributed by atoms with Crippen LogP contribution in [0, 0.1) is 0 Å². The number of nitrogens with zero attached hydrogens (tertiary/aromatic N) is 2. The molecular weight excluding hydrogens is 356 g/mol. The first-order valence-corrected chi connectivity index (χ1v) is 9.41. The summed E-state index contributed by atoms with van der Waals surface area (Å²) in [7, 11) is 3.24. The van der Waals surface area contributed by atoms with Gasteiger partial charge in [0.25, 0.3) is 5.91 Å². The van der Waals surface area contributed by atoms with Gasteiger partial charge in [-0.2, -0.15) is 4.99 Å². The highest BCUT2D eigenvalue weighted by atomic mass is 32.1. The van der Waals surface area contributed by atoms with E-state index < -0.39 is 0 Å². The van der Waals surface area contributed by atoms with Gasteiger partial charge in [0.2, 0.25) is 0 Å². The summed E-state index contributed by atoms with van der Waals surface area (Å²) in [6, 6.07) is 7.67. The number of hydrogen-bond donors (Lipinski definition) is 0. The van der Waals surface area contributed by atoms with Gasteiger partial charge in [0, 0.05) is 23.6 Å². The van der Waals surface area contributed by atoms with Crippen molar-refractivity contribution in [3.05, 3.63) is 45.4 Å². The second kappa shape index (κ2) is 7.67. The molecule has 0 unspecified atom stereocenters. The van der Waals surface area contributed by atoms with Crippen molar-refractivity contribution in [3.8, 4) is 11.5 Å². The van der Waals surface area contributed by atoms with Gasteiger partial charge >= 0.3 is 0 Å². The molecule has 0 aliphatic rings. The Bertz CT molecular complexity index is 982. The molecule has 130 valence electrons. The van der Waals surface area contributed by atoms with E-state index in [1.165, 1.54) is 17.4 Å². The van der Waals surface area contributed by atoms with Gasteiger partial charge in [-0.3, -0.25) is 4.79 Å². The van der Waals surface area contributed by atoms with Gasteiger partial charge in [-0.25, -0.2) is 0 Å². The number of benzene rings is 1. The second-order valence-corrected chi connectivity index (χ2v) is 7.09. The van der Waals surface area contributed by atoms with Crippen LogP contribution >= 0.6 is 22.7 Å². The number of rotatable bonds is 5.